The maximum Gasteiger partial charge on any atom is 0.338 e. The number of aliphatic hydroxyl groups is 2. The molecule has 1 aromatic rings. The van der Waals surface area contributed by atoms with Crippen LogP contribution in [0.2, 0.25) is 0 Å². The van der Waals surface area contributed by atoms with Crippen molar-refractivity contribution in [2.75, 3.05) is 0 Å². The first-order chi connectivity index (χ1) is 11.9. The van der Waals surface area contributed by atoms with Crippen LogP contribution >= 0.6 is 0 Å². The third-order valence-electron chi connectivity index (χ3n) is 4.35. The van der Waals surface area contributed by atoms with Crippen LogP contribution in [0.3, 0.4) is 0 Å². The Morgan fingerprint density at radius 1 is 0.880 bits per heavy atom. The van der Waals surface area contributed by atoms with Crippen molar-refractivity contribution < 1.29 is 29.3 Å². The third-order valence-corrected chi connectivity index (χ3v) is 4.35. The summed E-state index contributed by atoms with van der Waals surface area (Å²) < 4.78 is 10.5. The number of aliphatic hydroxyl groups excluding tert-OH is 2. The molecule has 0 radical (unpaired) electrons. The maximum absolute atomic E-state index is 12.5. The lowest BCUT2D eigenvalue weighted by molar-refractivity contribution is -0.146. The Hall–Kier alpha value is -2.76. The molecule has 0 spiro atoms. The molecule has 2 heterocycles. The summed E-state index contributed by atoms with van der Waals surface area (Å²) >= 11 is 0. The molecular weight excluding hydrogens is 324 g/mol. The highest BCUT2D eigenvalue weighted by atomic mass is 16.6. The highest BCUT2D eigenvalue weighted by Gasteiger charge is 2.41. The van der Waals surface area contributed by atoms with Crippen molar-refractivity contribution in [2.24, 2.45) is 0 Å². The van der Waals surface area contributed by atoms with Crippen molar-refractivity contribution in [3.63, 3.8) is 0 Å². The highest BCUT2D eigenvalue weighted by Crippen LogP contribution is 2.41. The van der Waals surface area contributed by atoms with Gasteiger partial charge in [-0.05, 0) is 19.4 Å². The lowest BCUT2D eigenvalue weighted by Gasteiger charge is -2.31. The minimum absolute atomic E-state index is 0.0302. The molecular formula is C19H20O6. The zero-order chi connectivity index (χ0) is 18.1. The summed E-state index contributed by atoms with van der Waals surface area (Å²) in [5.74, 6) is -2.61. The Morgan fingerprint density at radius 2 is 1.32 bits per heavy atom. The third kappa shape index (κ3) is 3.24. The van der Waals surface area contributed by atoms with Gasteiger partial charge < -0.3 is 19.7 Å². The molecule has 2 aliphatic heterocycles. The van der Waals surface area contributed by atoms with E-state index in [2.05, 4.69) is 0 Å². The van der Waals surface area contributed by atoms with Crippen LogP contribution in [0, 0.1) is 0 Å². The van der Waals surface area contributed by atoms with Gasteiger partial charge in [0.15, 0.2) is 0 Å². The number of benzene rings is 1. The van der Waals surface area contributed by atoms with Crippen molar-refractivity contribution >= 4 is 11.9 Å². The summed E-state index contributed by atoms with van der Waals surface area (Å²) in [6, 6.07) is 8.76. The van der Waals surface area contributed by atoms with Gasteiger partial charge in [0.1, 0.15) is 23.7 Å². The van der Waals surface area contributed by atoms with Crippen molar-refractivity contribution in [3.05, 3.63) is 58.6 Å². The molecule has 0 amide bonds. The number of carbonyl (C=O) groups excluding carboxylic acids is 2. The fourth-order valence-corrected chi connectivity index (χ4v) is 3.27. The summed E-state index contributed by atoms with van der Waals surface area (Å²) in [5.41, 5.74) is 0.526. The fraction of sp³-hybridized carbons (Fsp3) is 0.368. The molecule has 132 valence electrons. The van der Waals surface area contributed by atoms with Crippen LogP contribution in [-0.4, -0.2) is 34.4 Å². The van der Waals surface area contributed by atoms with Gasteiger partial charge in [0.05, 0.1) is 17.1 Å². The number of ether oxygens (including phenoxy) is 2. The van der Waals surface area contributed by atoms with E-state index in [1.165, 1.54) is 0 Å². The van der Waals surface area contributed by atoms with Crippen molar-refractivity contribution in [3.8, 4) is 0 Å². The second-order valence-corrected chi connectivity index (χ2v) is 6.40. The molecule has 0 bridgehead atoms. The summed E-state index contributed by atoms with van der Waals surface area (Å²) in [4.78, 5) is 24.9. The van der Waals surface area contributed by atoms with Gasteiger partial charge in [0.2, 0.25) is 0 Å². The number of cyclic esters (lactones) is 2. The Bertz CT molecular complexity index is 715. The summed E-state index contributed by atoms with van der Waals surface area (Å²) in [6.07, 6.45) is -0.587. The monoisotopic (exact) mass is 344 g/mol. The SMILES string of the molecule is CC1CC(O)=C(C(C2=C(O)CC(C)OC2=O)c2ccccc2)C(=O)O1. The molecule has 0 aliphatic carbocycles. The second kappa shape index (κ2) is 6.63. The van der Waals surface area contributed by atoms with E-state index in [1.807, 2.05) is 0 Å². The molecule has 0 aromatic heterocycles. The van der Waals surface area contributed by atoms with Crippen LogP contribution in [0.25, 0.3) is 0 Å². The maximum atomic E-state index is 12.5. The average Bonchev–Trinajstić information content (AvgIpc) is 2.52. The molecule has 0 fully saturated rings. The quantitative estimate of drug-likeness (QED) is 0.819. The minimum Gasteiger partial charge on any atom is -0.512 e. The Labute approximate surface area is 145 Å². The number of hydrogen-bond acceptors (Lipinski definition) is 6. The van der Waals surface area contributed by atoms with Crippen LogP contribution < -0.4 is 0 Å². The Kier molecular flexibility index (Phi) is 4.53. The van der Waals surface area contributed by atoms with E-state index in [0.717, 1.165) is 0 Å². The molecule has 0 saturated carbocycles. The number of esters is 2. The van der Waals surface area contributed by atoms with E-state index in [0.29, 0.717) is 5.56 Å². The van der Waals surface area contributed by atoms with Gasteiger partial charge in [0, 0.05) is 12.8 Å². The minimum atomic E-state index is -0.943. The van der Waals surface area contributed by atoms with Crippen LogP contribution in [0.1, 0.15) is 38.2 Å². The first-order valence-electron chi connectivity index (χ1n) is 8.19. The Morgan fingerprint density at radius 3 is 1.72 bits per heavy atom. The standard InChI is InChI=1S/C19H20O6/c1-10-8-13(20)16(18(22)24-10)15(12-6-4-3-5-7-12)17-14(21)9-11(2)25-19(17)23/h3-7,10-11,15,20-21H,8-9H2,1-2H3. The van der Waals surface area contributed by atoms with E-state index in [4.69, 9.17) is 9.47 Å². The van der Waals surface area contributed by atoms with Gasteiger partial charge in [-0.15, -0.1) is 0 Å². The molecule has 6 heteroatoms. The molecule has 25 heavy (non-hydrogen) atoms. The number of carbonyl (C=O) groups is 2. The smallest absolute Gasteiger partial charge is 0.338 e. The van der Waals surface area contributed by atoms with E-state index < -0.39 is 30.1 Å². The van der Waals surface area contributed by atoms with E-state index in [-0.39, 0.29) is 35.5 Å². The van der Waals surface area contributed by atoms with Crippen molar-refractivity contribution in [1.82, 2.24) is 0 Å². The van der Waals surface area contributed by atoms with E-state index >= 15 is 0 Å². The molecule has 3 rings (SSSR count). The van der Waals surface area contributed by atoms with Gasteiger partial charge in [-0.2, -0.15) is 0 Å². The molecule has 1 aromatic carbocycles. The van der Waals surface area contributed by atoms with Gasteiger partial charge >= 0.3 is 11.9 Å². The predicted octanol–water partition coefficient (Wildman–Crippen LogP) is 3.07. The topological polar surface area (TPSA) is 93.1 Å². The van der Waals surface area contributed by atoms with E-state index in [9.17, 15) is 19.8 Å². The van der Waals surface area contributed by atoms with Gasteiger partial charge in [-0.1, -0.05) is 30.3 Å². The summed E-state index contributed by atoms with van der Waals surface area (Å²) in [6.45, 7) is 3.35. The lowest BCUT2D eigenvalue weighted by Crippen LogP contribution is -2.33. The fourth-order valence-electron chi connectivity index (χ4n) is 3.27. The molecule has 6 nitrogen and oxygen atoms in total. The predicted molar refractivity (Wildman–Crippen MR) is 88.8 cm³/mol. The zero-order valence-electron chi connectivity index (χ0n) is 14.1. The largest absolute Gasteiger partial charge is 0.512 e. The summed E-state index contributed by atoms with van der Waals surface area (Å²) in [7, 11) is 0. The van der Waals surface area contributed by atoms with Crippen LogP contribution in [0.5, 0.6) is 0 Å². The summed E-state index contributed by atoms with van der Waals surface area (Å²) in [5, 5.41) is 20.8. The van der Waals surface area contributed by atoms with Gasteiger partial charge in [-0.3, -0.25) is 0 Å². The Balaban J connectivity index is 2.19. The first-order valence-corrected chi connectivity index (χ1v) is 8.19. The zero-order valence-corrected chi connectivity index (χ0v) is 14.1. The van der Waals surface area contributed by atoms with E-state index in [1.54, 1.807) is 44.2 Å². The van der Waals surface area contributed by atoms with Gasteiger partial charge in [-0.25, -0.2) is 9.59 Å². The van der Waals surface area contributed by atoms with Crippen LogP contribution in [0.15, 0.2) is 53.0 Å². The number of rotatable bonds is 3. The molecule has 0 saturated heterocycles. The molecule has 2 aliphatic rings. The van der Waals surface area contributed by atoms with Crippen LogP contribution in [-0.2, 0) is 19.1 Å². The van der Waals surface area contributed by atoms with Crippen LogP contribution in [0.4, 0.5) is 0 Å². The second-order valence-electron chi connectivity index (χ2n) is 6.40. The normalized spacial score (nSPS) is 25.5. The highest BCUT2D eigenvalue weighted by molar-refractivity contribution is 5.99. The van der Waals surface area contributed by atoms with Gasteiger partial charge in [0.25, 0.3) is 0 Å². The first kappa shape index (κ1) is 17.1. The molecule has 2 atom stereocenters. The van der Waals surface area contributed by atoms with Crippen molar-refractivity contribution in [2.45, 2.75) is 44.8 Å². The molecule has 2 unspecified atom stereocenters. The molecule has 2 N–H and O–H groups in total. The van der Waals surface area contributed by atoms with Crippen molar-refractivity contribution in [1.29, 1.82) is 0 Å². The average molecular weight is 344 g/mol. The lowest BCUT2D eigenvalue weighted by atomic mass is 9.80. The number of hydrogen-bond donors (Lipinski definition) is 2.